The number of hydrogen-bond donors (Lipinski definition) is 2. The summed E-state index contributed by atoms with van der Waals surface area (Å²) >= 11 is 8.18. The molecule has 1 aliphatic carbocycles. The van der Waals surface area contributed by atoms with E-state index in [2.05, 4.69) is 18.3 Å². The second-order valence-electron chi connectivity index (χ2n) is 5.59. The molecule has 112 valence electrons. The zero-order valence-corrected chi connectivity index (χ0v) is 13.6. The Bertz CT molecular complexity index is 425. The van der Waals surface area contributed by atoms with E-state index in [9.17, 15) is 5.11 Å². The van der Waals surface area contributed by atoms with Crippen LogP contribution in [0.1, 0.15) is 38.2 Å². The third-order valence-electron chi connectivity index (χ3n) is 4.09. The number of thioether (sulfide) groups is 1. The van der Waals surface area contributed by atoms with Crippen LogP contribution >= 0.6 is 23.4 Å². The first-order valence-electron chi connectivity index (χ1n) is 7.40. The fourth-order valence-electron chi connectivity index (χ4n) is 3.01. The van der Waals surface area contributed by atoms with E-state index in [-0.39, 0.29) is 12.1 Å². The van der Waals surface area contributed by atoms with Gasteiger partial charge in [-0.05, 0) is 37.4 Å². The molecule has 0 heterocycles. The molecule has 1 aromatic rings. The summed E-state index contributed by atoms with van der Waals surface area (Å²) in [6, 6.07) is 8.06. The third-order valence-corrected chi connectivity index (χ3v) is 5.81. The van der Waals surface area contributed by atoms with Crippen LogP contribution in [0.25, 0.3) is 0 Å². The highest BCUT2D eigenvalue weighted by molar-refractivity contribution is 7.99. The van der Waals surface area contributed by atoms with E-state index in [1.165, 1.54) is 18.4 Å². The van der Waals surface area contributed by atoms with Crippen LogP contribution in [-0.4, -0.2) is 29.0 Å². The van der Waals surface area contributed by atoms with Crippen molar-refractivity contribution >= 4 is 23.4 Å². The molecule has 0 amide bonds. The maximum Gasteiger partial charge on any atom is 0.0613 e. The molecule has 0 spiro atoms. The number of halogens is 1. The summed E-state index contributed by atoms with van der Waals surface area (Å²) in [5.41, 5.74) is 1.15. The lowest BCUT2D eigenvalue weighted by atomic mass is 9.82. The molecule has 1 aromatic carbocycles. The number of nitrogens with one attached hydrogen (secondary N) is 1. The minimum Gasteiger partial charge on any atom is -0.394 e. The topological polar surface area (TPSA) is 32.3 Å². The molecule has 4 heteroatoms. The predicted molar refractivity (Wildman–Crippen MR) is 88.5 cm³/mol. The van der Waals surface area contributed by atoms with Gasteiger partial charge in [-0.25, -0.2) is 0 Å². The van der Waals surface area contributed by atoms with Gasteiger partial charge in [0.2, 0.25) is 0 Å². The largest absolute Gasteiger partial charge is 0.394 e. The van der Waals surface area contributed by atoms with Crippen molar-refractivity contribution in [2.75, 3.05) is 13.2 Å². The van der Waals surface area contributed by atoms with E-state index in [0.717, 1.165) is 30.2 Å². The van der Waals surface area contributed by atoms with Gasteiger partial charge in [-0.3, -0.25) is 0 Å². The molecule has 1 fully saturated rings. The van der Waals surface area contributed by atoms with Crippen LogP contribution in [0.3, 0.4) is 0 Å². The lowest BCUT2D eigenvalue weighted by Gasteiger charge is -2.40. The van der Waals surface area contributed by atoms with Gasteiger partial charge in [-0.1, -0.05) is 43.1 Å². The quantitative estimate of drug-likeness (QED) is 0.836. The highest BCUT2D eigenvalue weighted by Gasteiger charge is 2.35. The van der Waals surface area contributed by atoms with Crippen LogP contribution in [0.15, 0.2) is 24.3 Å². The van der Waals surface area contributed by atoms with Gasteiger partial charge < -0.3 is 10.4 Å². The molecule has 0 saturated heterocycles. The zero-order chi connectivity index (χ0) is 14.4. The normalized spacial score (nSPS) is 26.6. The summed E-state index contributed by atoms with van der Waals surface area (Å²) in [6.07, 6.45) is 4.56. The smallest absolute Gasteiger partial charge is 0.0613 e. The van der Waals surface area contributed by atoms with Gasteiger partial charge in [0.15, 0.2) is 0 Å². The first-order valence-corrected chi connectivity index (χ1v) is 8.83. The number of aliphatic hydroxyl groups excluding tert-OH is 1. The highest BCUT2D eigenvalue weighted by Crippen LogP contribution is 2.36. The van der Waals surface area contributed by atoms with Crippen molar-refractivity contribution in [2.24, 2.45) is 0 Å². The van der Waals surface area contributed by atoms with Crippen LogP contribution in [0.5, 0.6) is 0 Å². The van der Waals surface area contributed by atoms with Crippen LogP contribution in [0.2, 0.25) is 5.02 Å². The fourth-order valence-corrected chi connectivity index (χ4v) is 4.73. The Morgan fingerprint density at radius 3 is 2.95 bits per heavy atom. The molecule has 2 atom stereocenters. The second kappa shape index (κ2) is 7.69. The standard InChI is InChI=1S/C16H24ClNOS/c1-2-18-16(12-19)9-5-7-14(10-16)20-11-13-6-3-4-8-15(13)17/h3-4,6,8,14,18-19H,2,5,7,9-12H2,1H3. The third kappa shape index (κ3) is 4.14. The Hall–Kier alpha value is -0.220. The van der Waals surface area contributed by atoms with E-state index >= 15 is 0 Å². The Morgan fingerprint density at radius 2 is 2.25 bits per heavy atom. The summed E-state index contributed by atoms with van der Waals surface area (Å²) in [4.78, 5) is 0. The summed E-state index contributed by atoms with van der Waals surface area (Å²) < 4.78 is 0. The number of likely N-dealkylation sites (N-methyl/N-ethyl adjacent to an activating group) is 1. The van der Waals surface area contributed by atoms with Crippen LogP contribution in [-0.2, 0) is 5.75 Å². The van der Waals surface area contributed by atoms with Crippen molar-refractivity contribution in [1.29, 1.82) is 0 Å². The summed E-state index contributed by atoms with van der Waals surface area (Å²) in [7, 11) is 0. The summed E-state index contributed by atoms with van der Waals surface area (Å²) in [6.45, 7) is 3.27. The van der Waals surface area contributed by atoms with Crippen molar-refractivity contribution in [3.8, 4) is 0 Å². The number of hydrogen-bond acceptors (Lipinski definition) is 3. The van der Waals surface area contributed by atoms with E-state index in [1.807, 2.05) is 30.0 Å². The lowest BCUT2D eigenvalue weighted by Crippen LogP contribution is -2.52. The first-order chi connectivity index (χ1) is 9.69. The van der Waals surface area contributed by atoms with Crippen molar-refractivity contribution in [1.82, 2.24) is 5.32 Å². The minimum absolute atomic E-state index is 0.0643. The Morgan fingerprint density at radius 1 is 1.45 bits per heavy atom. The minimum atomic E-state index is -0.0643. The fraction of sp³-hybridized carbons (Fsp3) is 0.625. The van der Waals surface area contributed by atoms with Crippen molar-refractivity contribution in [3.63, 3.8) is 0 Å². The van der Waals surface area contributed by atoms with Gasteiger partial charge in [0, 0.05) is 21.6 Å². The molecule has 0 aromatic heterocycles. The zero-order valence-electron chi connectivity index (χ0n) is 12.1. The molecule has 1 aliphatic rings. The molecule has 2 unspecified atom stereocenters. The average molecular weight is 314 g/mol. The van der Waals surface area contributed by atoms with E-state index in [1.54, 1.807) is 0 Å². The van der Waals surface area contributed by atoms with Gasteiger partial charge in [0.05, 0.1) is 6.61 Å². The molecule has 1 saturated carbocycles. The SMILES string of the molecule is CCNC1(CO)CCCC(SCc2ccccc2Cl)C1. The van der Waals surface area contributed by atoms with Crippen molar-refractivity contribution in [3.05, 3.63) is 34.9 Å². The van der Waals surface area contributed by atoms with E-state index < -0.39 is 0 Å². The number of aliphatic hydroxyl groups is 1. The van der Waals surface area contributed by atoms with E-state index in [0.29, 0.717) is 5.25 Å². The molecule has 2 N–H and O–H groups in total. The average Bonchev–Trinajstić information content (AvgIpc) is 2.47. The number of rotatable bonds is 6. The molecule has 2 rings (SSSR count). The van der Waals surface area contributed by atoms with Gasteiger partial charge >= 0.3 is 0 Å². The maximum absolute atomic E-state index is 9.73. The summed E-state index contributed by atoms with van der Waals surface area (Å²) in [5.74, 6) is 0.956. The Labute approximate surface area is 131 Å². The monoisotopic (exact) mass is 313 g/mol. The van der Waals surface area contributed by atoms with Gasteiger partial charge in [-0.15, -0.1) is 0 Å². The lowest BCUT2D eigenvalue weighted by molar-refractivity contribution is 0.125. The molecule has 0 aliphatic heterocycles. The van der Waals surface area contributed by atoms with Crippen LogP contribution < -0.4 is 5.32 Å². The molecule has 0 radical (unpaired) electrons. The van der Waals surface area contributed by atoms with Crippen molar-refractivity contribution in [2.45, 2.75) is 49.1 Å². The second-order valence-corrected chi connectivity index (χ2v) is 7.29. The molecule has 0 bridgehead atoms. The molecule has 2 nitrogen and oxygen atoms in total. The Kier molecular flexibility index (Phi) is 6.21. The number of benzene rings is 1. The molecular formula is C16H24ClNOS. The maximum atomic E-state index is 9.73. The predicted octanol–water partition coefficient (Wildman–Crippen LogP) is 3.86. The van der Waals surface area contributed by atoms with Crippen LogP contribution in [0, 0.1) is 0 Å². The first kappa shape index (κ1) is 16.2. The van der Waals surface area contributed by atoms with E-state index in [4.69, 9.17) is 11.6 Å². The highest BCUT2D eigenvalue weighted by atomic mass is 35.5. The Balaban J connectivity index is 1.91. The van der Waals surface area contributed by atoms with Gasteiger partial charge in [-0.2, -0.15) is 11.8 Å². The molecule has 20 heavy (non-hydrogen) atoms. The van der Waals surface area contributed by atoms with Gasteiger partial charge in [0.1, 0.15) is 0 Å². The summed E-state index contributed by atoms with van der Waals surface area (Å²) in [5, 5.41) is 14.7. The molecular weight excluding hydrogens is 290 g/mol. The van der Waals surface area contributed by atoms with Gasteiger partial charge in [0.25, 0.3) is 0 Å². The van der Waals surface area contributed by atoms with Crippen LogP contribution in [0.4, 0.5) is 0 Å². The van der Waals surface area contributed by atoms with Crippen molar-refractivity contribution < 1.29 is 5.11 Å².